The number of nitrogens with one attached hydrogen (secondary N) is 1. The van der Waals surface area contributed by atoms with Crippen LogP contribution in [0.15, 0.2) is 30.3 Å². The number of hydrogen-bond acceptors (Lipinski definition) is 5. The Morgan fingerprint density at radius 2 is 1.93 bits per heavy atom. The Kier molecular flexibility index (Phi) is 5.52. The molecule has 1 atom stereocenters. The number of piperidine rings is 1. The highest BCUT2D eigenvalue weighted by molar-refractivity contribution is 7.93. The van der Waals surface area contributed by atoms with Crippen molar-refractivity contribution in [1.29, 1.82) is 0 Å². The lowest BCUT2D eigenvalue weighted by Gasteiger charge is -2.43. The summed E-state index contributed by atoms with van der Waals surface area (Å²) in [7, 11) is -3.60. The van der Waals surface area contributed by atoms with Gasteiger partial charge in [-0.3, -0.25) is 4.79 Å². The fourth-order valence-corrected chi connectivity index (χ4v) is 6.58. The molecule has 1 unspecified atom stereocenters. The minimum atomic E-state index is -3.60. The monoisotopic (exact) mass is 421 g/mol. The number of benzene rings is 1. The third-order valence-corrected chi connectivity index (χ3v) is 8.62. The van der Waals surface area contributed by atoms with Crippen molar-refractivity contribution in [3.05, 3.63) is 35.9 Å². The quantitative estimate of drug-likeness (QED) is 0.786. The molecule has 3 amide bonds. The molecule has 3 aliphatic rings. The molecule has 8 nitrogen and oxygen atoms in total. The van der Waals surface area contributed by atoms with Crippen LogP contribution in [-0.2, 0) is 25.9 Å². The van der Waals surface area contributed by atoms with Gasteiger partial charge < -0.3 is 19.9 Å². The topological polar surface area (TPSA) is 96.0 Å². The standard InChI is InChI=1S/C20H27N3O5S/c24-18-15-29(26,27)20(23(18)14-16-5-2-1-3-6-16)8-10-22(11-9-20)19(25)21-13-17-7-4-12-28-17/h1-3,5-6,17H,4,7-15H2,(H,21,25). The molecule has 0 aliphatic carbocycles. The minimum Gasteiger partial charge on any atom is -0.376 e. The van der Waals surface area contributed by atoms with Crippen LogP contribution in [0.5, 0.6) is 0 Å². The molecule has 0 bridgehead atoms. The molecule has 3 fully saturated rings. The Morgan fingerprint density at radius 3 is 2.59 bits per heavy atom. The molecule has 4 rings (SSSR count). The first-order valence-corrected chi connectivity index (χ1v) is 11.8. The maximum absolute atomic E-state index is 12.9. The first-order valence-electron chi connectivity index (χ1n) is 10.1. The fraction of sp³-hybridized carbons (Fsp3) is 0.600. The molecule has 3 aliphatic heterocycles. The number of rotatable bonds is 4. The van der Waals surface area contributed by atoms with Crippen LogP contribution >= 0.6 is 0 Å². The fourth-order valence-electron chi connectivity index (χ4n) is 4.53. The number of urea groups is 1. The molecule has 0 radical (unpaired) electrons. The zero-order chi connectivity index (χ0) is 20.5. The van der Waals surface area contributed by atoms with Gasteiger partial charge in [0.2, 0.25) is 5.91 Å². The molecule has 0 saturated carbocycles. The average Bonchev–Trinajstić information content (AvgIpc) is 3.29. The Morgan fingerprint density at radius 1 is 1.21 bits per heavy atom. The van der Waals surface area contributed by atoms with Gasteiger partial charge >= 0.3 is 6.03 Å². The van der Waals surface area contributed by atoms with Gasteiger partial charge in [-0.15, -0.1) is 0 Å². The SMILES string of the molecule is O=C(NCC1CCCO1)N1CCC2(CC1)N(Cc1ccccc1)C(=O)CS2(=O)=O. The predicted octanol–water partition coefficient (Wildman–Crippen LogP) is 1.12. The van der Waals surface area contributed by atoms with Crippen LogP contribution in [0.4, 0.5) is 4.79 Å². The molecular weight excluding hydrogens is 394 g/mol. The van der Waals surface area contributed by atoms with Gasteiger partial charge in [0, 0.05) is 45.6 Å². The van der Waals surface area contributed by atoms with Crippen molar-refractivity contribution in [2.24, 2.45) is 0 Å². The van der Waals surface area contributed by atoms with E-state index >= 15 is 0 Å². The second kappa shape index (κ2) is 7.95. The van der Waals surface area contributed by atoms with E-state index in [2.05, 4.69) is 5.32 Å². The number of amides is 3. The minimum absolute atomic E-state index is 0.0595. The van der Waals surface area contributed by atoms with Gasteiger partial charge in [0.15, 0.2) is 9.84 Å². The molecule has 1 aromatic rings. The maximum Gasteiger partial charge on any atom is 0.317 e. The smallest absolute Gasteiger partial charge is 0.317 e. The summed E-state index contributed by atoms with van der Waals surface area (Å²) in [6.07, 6.45) is 2.49. The van der Waals surface area contributed by atoms with Gasteiger partial charge in [0.1, 0.15) is 10.6 Å². The third kappa shape index (κ3) is 3.85. The number of nitrogens with zero attached hydrogens (tertiary/aromatic N) is 2. The van der Waals surface area contributed by atoms with E-state index in [4.69, 9.17) is 4.74 Å². The van der Waals surface area contributed by atoms with E-state index in [1.807, 2.05) is 30.3 Å². The van der Waals surface area contributed by atoms with Gasteiger partial charge in [-0.2, -0.15) is 0 Å². The van der Waals surface area contributed by atoms with Crippen LogP contribution in [0.2, 0.25) is 0 Å². The van der Waals surface area contributed by atoms with E-state index in [-0.39, 0.29) is 37.4 Å². The normalized spacial score (nSPS) is 25.5. The maximum atomic E-state index is 12.9. The van der Waals surface area contributed by atoms with Crippen LogP contribution in [-0.4, -0.2) is 73.1 Å². The molecule has 9 heteroatoms. The molecular formula is C20H27N3O5S. The molecule has 29 heavy (non-hydrogen) atoms. The summed E-state index contributed by atoms with van der Waals surface area (Å²) in [5.41, 5.74) is 0.897. The van der Waals surface area contributed by atoms with Gasteiger partial charge in [-0.25, -0.2) is 13.2 Å². The lowest BCUT2D eigenvalue weighted by molar-refractivity contribution is -0.131. The van der Waals surface area contributed by atoms with Gasteiger partial charge in [0.05, 0.1) is 6.10 Å². The highest BCUT2D eigenvalue weighted by atomic mass is 32.2. The van der Waals surface area contributed by atoms with Crippen molar-refractivity contribution < 1.29 is 22.7 Å². The molecule has 3 saturated heterocycles. The molecule has 3 heterocycles. The second-order valence-electron chi connectivity index (χ2n) is 7.98. The summed E-state index contributed by atoms with van der Waals surface area (Å²) in [6.45, 7) is 2.07. The lowest BCUT2D eigenvalue weighted by Crippen LogP contribution is -2.58. The van der Waals surface area contributed by atoms with Gasteiger partial charge in [-0.05, 0) is 18.4 Å². The van der Waals surface area contributed by atoms with Crippen LogP contribution in [0, 0.1) is 0 Å². The zero-order valence-corrected chi connectivity index (χ0v) is 17.2. The van der Waals surface area contributed by atoms with E-state index < -0.39 is 20.5 Å². The summed E-state index contributed by atoms with van der Waals surface area (Å²) >= 11 is 0. The van der Waals surface area contributed by atoms with Crippen LogP contribution < -0.4 is 5.32 Å². The Labute approximate surface area is 171 Å². The van der Waals surface area contributed by atoms with Gasteiger partial charge in [0.25, 0.3) is 0 Å². The zero-order valence-electron chi connectivity index (χ0n) is 16.4. The second-order valence-corrected chi connectivity index (χ2v) is 10.3. The summed E-state index contributed by atoms with van der Waals surface area (Å²) in [5, 5.41) is 2.89. The summed E-state index contributed by atoms with van der Waals surface area (Å²) in [5.74, 6) is -0.810. The number of ether oxygens (including phenoxy) is 1. The van der Waals surface area contributed by atoms with E-state index in [1.54, 1.807) is 4.90 Å². The van der Waals surface area contributed by atoms with Gasteiger partial charge in [-0.1, -0.05) is 30.3 Å². The molecule has 0 aromatic heterocycles. The molecule has 158 valence electrons. The first kappa shape index (κ1) is 20.2. The summed E-state index contributed by atoms with van der Waals surface area (Å²) < 4.78 is 31.4. The largest absolute Gasteiger partial charge is 0.376 e. The summed E-state index contributed by atoms with van der Waals surface area (Å²) in [4.78, 5) is 27.0. The highest BCUT2D eigenvalue weighted by Crippen LogP contribution is 2.40. The van der Waals surface area contributed by atoms with Crippen LogP contribution in [0.25, 0.3) is 0 Å². The Hall–Kier alpha value is -2.13. The average molecular weight is 422 g/mol. The molecule has 1 N–H and O–H groups in total. The number of carbonyl (C=O) groups is 2. The number of likely N-dealkylation sites (tertiary alicyclic amines) is 1. The Balaban J connectivity index is 1.43. The van der Waals surface area contributed by atoms with Crippen molar-refractivity contribution in [3.63, 3.8) is 0 Å². The first-order chi connectivity index (χ1) is 13.9. The van der Waals surface area contributed by atoms with Crippen LogP contribution in [0.3, 0.4) is 0 Å². The van der Waals surface area contributed by atoms with Crippen molar-refractivity contribution in [1.82, 2.24) is 15.1 Å². The van der Waals surface area contributed by atoms with E-state index in [0.29, 0.717) is 19.6 Å². The number of carbonyl (C=O) groups excluding carboxylic acids is 2. The third-order valence-electron chi connectivity index (χ3n) is 6.21. The van der Waals surface area contributed by atoms with E-state index in [1.165, 1.54) is 4.90 Å². The number of sulfone groups is 1. The van der Waals surface area contributed by atoms with Crippen molar-refractivity contribution >= 4 is 21.8 Å². The predicted molar refractivity (Wildman–Crippen MR) is 107 cm³/mol. The Bertz CT molecular complexity index is 859. The van der Waals surface area contributed by atoms with Crippen LogP contribution in [0.1, 0.15) is 31.2 Å². The van der Waals surface area contributed by atoms with E-state index in [9.17, 15) is 18.0 Å². The van der Waals surface area contributed by atoms with Crippen molar-refractivity contribution in [3.8, 4) is 0 Å². The molecule has 1 aromatic carbocycles. The number of hydrogen-bond donors (Lipinski definition) is 1. The van der Waals surface area contributed by atoms with Crippen molar-refractivity contribution in [2.75, 3.05) is 32.0 Å². The summed E-state index contributed by atoms with van der Waals surface area (Å²) in [6, 6.07) is 9.21. The lowest BCUT2D eigenvalue weighted by atomic mass is 10.0. The highest BCUT2D eigenvalue weighted by Gasteiger charge is 2.58. The molecule has 1 spiro atoms. The van der Waals surface area contributed by atoms with E-state index in [0.717, 1.165) is 25.0 Å². The van der Waals surface area contributed by atoms with Crippen molar-refractivity contribution in [2.45, 2.75) is 43.2 Å².